The zero-order chi connectivity index (χ0) is 14.8. The van der Waals surface area contributed by atoms with Crippen molar-refractivity contribution in [2.75, 3.05) is 31.7 Å². The Morgan fingerprint density at radius 3 is 2.70 bits per heavy atom. The topological polar surface area (TPSA) is 75.8 Å². The number of likely N-dealkylation sites (N-methyl/N-ethyl adjacent to an activating group) is 1. The zero-order valence-corrected chi connectivity index (χ0v) is 11.2. The molecule has 1 aromatic carbocycles. The fourth-order valence-electron chi connectivity index (χ4n) is 2.36. The highest BCUT2D eigenvalue weighted by molar-refractivity contribution is 5.52. The molecule has 0 bridgehead atoms. The molecule has 0 spiro atoms. The van der Waals surface area contributed by atoms with Crippen molar-refractivity contribution in [2.24, 2.45) is 0 Å². The molecule has 0 saturated carbocycles. The minimum atomic E-state index is -0.915. The van der Waals surface area contributed by atoms with Crippen molar-refractivity contribution < 1.29 is 19.2 Å². The highest BCUT2D eigenvalue weighted by atomic mass is 19.1. The molecule has 110 valence electrons. The molecule has 0 unspecified atom stereocenters. The van der Waals surface area contributed by atoms with E-state index in [0.29, 0.717) is 26.1 Å². The molecule has 1 aromatic rings. The van der Waals surface area contributed by atoms with Crippen molar-refractivity contribution in [3.8, 4) is 0 Å². The van der Waals surface area contributed by atoms with Crippen molar-refractivity contribution in [3.05, 3.63) is 34.1 Å². The Kier molecular flexibility index (Phi) is 4.20. The van der Waals surface area contributed by atoms with E-state index < -0.39 is 16.3 Å². The van der Waals surface area contributed by atoms with E-state index in [9.17, 15) is 19.6 Å². The molecule has 1 aliphatic heterocycles. The van der Waals surface area contributed by atoms with Crippen LogP contribution in [0.25, 0.3) is 0 Å². The molecule has 2 rings (SSSR count). The summed E-state index contributed by atoms with van der Waals surface area (Å²) < 4.78 is 19.1. The highest BCUT2D eigenvalue weighted by Crippen LogP contribution is 2.27. The molecule has 0 atom stereocenters. The van der Waals surface area contributed by atoms with Crippen LogP contribution >= 0.6 is 0 Å². The number of rotatable bonds is 4. The standard InChI is InChI=1S/C13H17FN2O4/c1-15(9-13(17)4-6-20-7-5-13)12-3-2-10(16(18)19)8-11(12)14/h2-3,8,17H,4-7,9H2,1H3. The smallest absolute Gasteiger partial charge is 0.272 e. The lowest BCUT2D eigenvalue weighted by Gasteiger charge is -2.36. The van der Waals surface area contributed by atoms with Gasteiger partial charge in [0.15, 0.2) is 5.82 Å². The number of hydrogen-bond acceptors (Lipinski definition) is 5. The van der Waals surface area contributed by atoms with Crippen LogP contribution < -0.4 is 4.90 Å². The molecule has 20 heavy (non-hydrogen) atoms. The third kappa shape index (κ3) is 3.23. The van der Waals surface area contributed by atoms with Crippen LogP contribution in [0.15, 0.2) is 18.2 Å². The van der Waals surface area contributed by atoms with Crippen LogP contribution in [0, 0.1) is 15.9 Å². The first kappa shape index (κ1) is 14.7. The molecule has 1 saturated heterocycles. The number of halogens is 1. The third-order valence-electron chi connectivity index (χ3n) is 3.51. The monoisotopic (exact) mass is 284 g/mol. The van der Waals surface area contributed by atoms with Crippen LogP contribution in [0.4, 0.5) is 15.8 Å². The fraction of sp³-hybridized carbons (Fsp3) is 0.538. The van der Waals surface area contributed by atoms with Crippen LogP contribution in [0.5, 0.6) is 0 Å². The first-order valence-corrected chi connectivity index (χ1v) is 6.36. The summed E-state index contributed by atoms with van der Waals surface area (Å²) in [7, 11) is 1.65. The lowest BCUT2D eigenvalue weighted by Crippen LogP contribution is -2.46. The van der Waals surface area contributed by atoms with Crippen molar-refractivity contribution >= 4 is 11.4 Å². The van der Waals surface area contributed by atoms with Crippen LogP contribution in [-0.4, -0.2) is 42.4 Å². The zero-order valence-electron chi connectivity index (χ0n) is 11.2. The number of anilines is 1. The van der Waals surface area contributed by atoms with Crippen LogP contribution in [0.1, 0.15) is 12.8 Å². The van der Waals surface area contributed by atoms with E-state index in [0.717, 1.165) is 6.07 Å². The molecule has 0 radical (unpaired) electrons. The first-order valence-electron chi connectivity index (χ1n) is 6.36. The Bertz CT molecular complexity index is 503. The molecule has 0 aromatic heterocycles. The van der Waals surface area contributed by atoms with Gasteiger partial charge in [-0.05, 0) is 6.07 Å². The average Bonchev–Trinajstić information content (AvgIpc) is 2.38. The summed E-state index contributed by atoms with van der Waals surface area (Å²) in [4.78, 5) is 11.5. The lowest BCUT2D eigenvalue weighted by atomic mass is 9.94. The number of benzene rings is 1. The summed E-state index contributed by atoms with van der Waals surface area (Å²) >= 11 is 0. The predicted octanol–water partition coefficient (Wildman–Crippen LogP) is 1.71. The summed E-state index contributed by atoms with van der Waals surface area (Å²) in [6, 6.07) is 3.50. The van der Waals surface area contributed by atoms with E-state index in [4.69, 9.17) is 4.74 Å². The first-order chi connectivity index (χ1) is 9.41. The van der Waals surface area contributed by atoms with Crippen molar-refractivity contribution in [1.82, 2.24) is 0 Å². The number of nitro groups is 1. The summed E-state index contributed by atoms with van der Waals surface area (Å²) in [6.45, 7) is 1.21. The quantitative estimate of drug-likeness (QED) is 0.673. The number of aliphatic hydroxyl groups is 1. The molecule has 6 nitrogen and oxygen atoms in total. The maximum absolute atomic E-state index is 13.9. The second-order valence-corrected chi connectivity index (χ2v) is 5.09. The minimum absolute atomic E-state index is 0.232. The average molecular weight is 284 g/mol. The van der Waals surface area contributed by atoms with Crippen molar-refractivity contribution in [2.45, 2.75) is 18.4 Å². The van der Waals surface area contributed by atoms with Gasteiger partial charge in [-0.3, -0.25) is 10.1 Å². The van der Waals surface area contributed by atoms with Gasteiger partial charge in [-0.1, -0.05) is 0 Å². The maximum Gasteiger partial charge on any atom is 0.272 e. The van der Waals surface area contributed by atoms with Gasteiger partial charge in [-0.2, -0.15) is 0 Å². The molecular weight excluding hydrogens is 267 g/mol. The van der Waals surface area contributed by atoms with Gasteiger partial charge in [0.05, 0.1) is 22.3 Å². The van der Waals surface area contributed by atoms with E-state index >= 15 is 0 Å². The summed E-state index contributed by atoms with van der Waals surface area (Å²) in [5.41, 5.74) is -0.971. The number of nitrogens with zero attached hydrogens (tertiary/aromatic N) is 2. The minimum Gasteiger partial charge on any atom is -0.388 e. The van der Waals surface area contributed by atoms with E-state index in [1.165, 1.54) is 12.1 Å². The van der Waals surface area contributed by atoms with Crippen LogP contribution in [0.2, 0.25) is 0 Å². The lowest BCUT2D eigenvalue weighted by molar-refractivity contribution is -0.385. The van der Waals surface area contributed by atoms with Gasteiger partial charge >= 0.3 is 0 Å². The second kappa shape index (κ2) is 5.72. The Labute approximate surface area is 115 Å². The highest BCUT2D eigenvalue weighted by Gasteiger charge is 2.31. The fourth-order valence-corrected chi connectivity index (χ4v) is 2.36. The summed E-state index contributed by atoms with van der Waals surface area (Å²) in [5, 5.41) is 21.0. The van der Waals surface area contributed by atoms with Gasteiger partial charge in [0.25, 0.3) is 5.69 Å². The Morgan fingerprint density at radius 1 is 1.50 bits per heavy atom. The van der Waals surface area contributed by atoms with E-state index in [1.807, 2.05) is 0 Å². The van der Waals surface area contributed by atoms with Crippen molar-refractivity contribution in [3.63, 3.8) is 0 Å². The Hall–Kier alpha value is -1.73. The molecule has 0 aliphatic carbocycles. The summed E-state index contributed by atoms with van der Waals surface area (Å²) in [5.74, 6) is -0.669. The normalized spacial score (nSPS) is 17.8. The number of hydrogen-bond donors (Lipinski definition) is 1. The Morgan fingerprint density at radius 2 is 2.15 bits per heavy atom. The molecule has 1 fully saturated rings. The number of non-ortho nitro benzene ring substituents is 1. The van der Waals surface area contributed by atoms with Gasteiger partial charge < -0.3 is 14.7 Å². The maximum atomic E-state index is 13.9. The Balaban J connectivity index is 2.12. The van der Waals surface area contributed by atoms with Gasteiger partial charge in [0.1, 0.15) is 0 Å². The van der Waals surface area contributed by atoms with Gasteiger partial charge in [-0.25, -0.2) is 4.39 Å². The van der Waals surface area contributed by atoms with Gasteiger partial charge in [0.2, 0.25) is 0 Å². The predicted molar refractivity (Wildman–Crippen MR) is 71.3 cm³/mol. The van der Waals surface area contributed by atoms with E-state index in [2.05, 4.69) is 0 Å². The van der Waals surface area contributed by atoms with Crippen molar-refractivity contribution in [1.29, 1.82) is 0 Å². The molecule has 7 heteroatoms. The number of nitro benzene ring substituents is 1. The SMILES string of the molecule is CN(CC1(O)CCOCC1)c1ccc([N+](=O)[O-])cc1F. The number of ether oxygens (including phenoxy) is 1. The van der Waals surface area contributed by atoms with Gasteiger partial charge in [-0.15, -0.1) is 0 Å². The molecule has 1 N–H and O–H groups in total. The van der Waals surface area contributed by atoms with Crippen LogP contribution in [-0.2, 0) is 4.74 Å². The largest absolute Gasteiger partial charge is 0.388 e. The second-order valence-electron chi connectivity index (χ2n) is 5.09. The van der Waals surface area contributed by atoms with E-state index in [-0.39, 0.29) is 17.9 Å². The van der Waals surface area contributed by atoms with Gasteiger partial charge in [0, 0.05) is 45.7 Å². The molecule has 1 aliphatic rings. The summed E-state index contributed by atoms with van der Waals surface area (Å²) in [6.07, 6.45) is 0.984. The molecule has 1 heterocycles. The third-order valence-corrected chi connectivity index (χ3v) is 3.51. The molecule has 0 amide bonds. The molecular formula is C13H17FN2O4. The van der Waals surface area contributed by atoms with Crippen LogP contribution in [0.3, 0.4) is 0 Å². The van der Waals surface area contributed by atoms with E-state index in [1.54, 1.807) is 11.9 Å².